The van der Waals surface area contributed by atoms with Crippen molar-refractivity contribution >= 4 is 28.8 Å². The number of esters is 1. The summed E-state index contributed by atoms with van der Waals surface area (Å²) >= 11 is 1.55. The highest BCUT2D eigenvalue weighted by atomic mass is 32.2. The van der Waals surface area contributed by atoms with Gasteiger partial charge in [-0.15, -0.1) is 0 Å². The van der Waals surface area contributed by atoms with Gasteiger partial charge in [0.2, 0.25) is 0 Å². The van der Waals surface area contributed by atoms with Gasteiger partial charge in [0, 0.05) is 5.75 Å². The maximum atomic E-state index is 13.0. The lowest BCUT2D eigenvalue weighted by Gasteiger charge is -2.19. The standard InChI is InChI=1S/C29H29F3N2O2S/c1-5-36-26(35)21-10-15-25-24(16-21)33-27(37-18-20-8-11-22(12-9-20)28(2,3)4)34(25)17-19-6-13-23(14-7-19)29(30,31)32/h6-16H,5,17-18H2,1-4H3. The Balaban J connectivity index is 1.65. The number of aromatic nitrogens is 2. The molecule has 3 aromatic carbocycles. The molecule has 0 aliphatic carbocycles. The van der Waals surface area contributed by atoms with Crippen LogP contribution >= 0.6 is 11.8 Å². The number of alkyl halides is 3. The van der Waals surface area contributed by atoms with Crippen molar-refractivity contribution in [2.75, 3.05) is 6.61 Å². The van der Waals surface area contributed by atoms with Gasteiger partial charge in [0.05, 0.1) is 35.3 Å². The number of hydrogen-bond acceptors (Lipinski definition) is 4. The van der Waals surface area contributed by atoms with Crippen LogP contribution in [0.5, 0.6) is 0 Å². The van der Waals surface area contributed by atoms with Gasteiger partial charge in [-0.05, 0) is 59.4 Å². The molecule has 1 heterocycles. The van der Waals surface area contributed by atoms with E-state index >= 15 is 0 Å². The average molecular weight is 527 g/mol. The Morgan fingerprint density at radius 3 is 2.14 bits per heavy atom. The zero-order chi connectivity index (χ0) is 26.8. The topological polar surface area (TPSA) is 44.1 Å². The predicted molar refractivity (Wildman–Crippen MR) is 141 cm³/mol. The third-order valence-electron chi connectivity index (χ3n) is 6.03. The summed E-state index contributed by atoms with van der Waals surface area (Å²) in [6.45, 7) is 8.88. The van der Waals surface area contributed by atoms with Crippen molar-refractivity contribution in [2.45, 2.75) is 56.7 Å². The molecule has 0 atom stereocenters. The number of halogens is 3. The van der Waals surface area contributed by atoms with Gasteiger partial charge in [-0.25, -0.2) is 9.78 Å². The number of imidazole rings is 1. The van der Waals surface area contributed by atoms with Crippen molar-refractivity contribution < 1.29 is 22.7 Å². The monoisotopic (exact) mass is 526 g/mol. The largest absolute Gasteiger partial charge is 0.462 e. The molecule has 0 N–H and O–H groups in total. The van der Waals surface area contributed by atoms with Crippen LogP contribution in [-0.4, -0.2) is 22.1 Å². The lowest BCUT2D eigenvalue weighted by molar-refractivity contribution is -0.137. The van der Waals surface area contributed by atoms with E-state index in [4.69, 9.17) is 9.72 Å². The second kappa shape index (κ2) is 10.6. The van der Waals surface area contributed by atoms with E-state index in [0.717, 1.165) is 33.9 Å². The summed E-state index contributed by atoms with van der Waals surface area (Å²) in [7, 11) is 0. The van der Waals surface area contributed by atoms with Crippen LogP contribution in [0.3, 0.4) is 0 Å². The number of carbonyl (C=O) groups is 1. The molecule has 0 amide bonds. The number of nitrogens with zero attached hydrogens (tertiary/aromatic N) is 2. The minimum Gasteiger partial charge on any atom is -0.462 e. The molecule has 4 aromatic rings. The van der Waals surface area contributed by atoms with E-state index in [9.17, 15) is 18.0 Å². The Hall–Kier alpha value is -3.26. The van der Waals surface area contributed by atoms with Crippen molar-refractivity contribution in [3.63, 3.8) is 0 Å². The van der Waals surface area contributed by atoms with Gasteiger partial charge in [-0.1, -0.05) is 68.9 Å². The molecule has 0 radical (unpaired) electrons. The van der Waals surface area contributed by atoms with Crippen LogP contribution in [0.2, 0.25) is 0 Å². The van der Waals surface area contributed by atoms with Crippen LogP contribution in [0.4, 0.5) is 13.2 Å². The molecule has 37 heavy (non-hydrogen) atoms. The first kappa shape index (κ1) is 26.8. The third kappa shape index (κ3) is 6.36. The van der Waals surface area contributed by atoms with Gasteiger partial charge in [0.1, 0.15) is 0 Å². The molecule has 0 aliphatic rings. The molecular formula is C29H29F3N2O2S. The van der Waals surface area contributed by atoms with E-state index in [1.165, 1.54) is 17.7 Å². The van der Waals surface area contributed by atoms with Crippen LogP contribution in [0, 0.1) is 0 Å². The third-order valence-corrected chi connectivity index (χ3v) is 7.08. The van der Waals surface area contributed by atoms with Crippen LogP contribution in [0.25, 0.3) is 11.0 Å². The fraction of sp³-hybridized carbons (Fsp3) is 0.310. The summed E-state index contributed by atoms with van der Waals surface area (Å²) in [5.41, 5.74) is 4.32. The predicted octanol–water partition coefficient (Wildman–Crippen LogP) is 7.87. The Labute approximate surface area is 218 Å². The maximum absolute atomic E-state index is 13.0. The van der Waals surface area contributed by atoms with E-state index in [1.54, 1.807) is 36.9 Å². The zero-order valence-electron chi connectivity index (χ0n) is 21.2. The SMILES string of the molecule is CCOC(=O)c1ccc2c(c1)nc(SCc1ccc(C(C)(C)C)cc1)n2Cc1ccc(C(F)(F)F)cc1. The second-order valence-electron chi connectivity index (χ2n) is 9.83. The smallest absolute Gasteiger partial charge is 0.416 e. The van der Waals surface area contributed by atoms with Gasteiger partial charge in [0.15, 0.2) is 5.16 Å². The minimum absolute atomic E-state index is 0.0674. The van der Waals surface area contributed by atoms with Crippen molar-refractivity contribution in [2.24, 2.45) is 0 Å². The Morgan fingerprint density at radius 1 is 0.919 bits per heavy atom. The van der Waals surface area contributed by atoms with Gasteiger partial charge in [-0.2, -0.15) is 13.2 Å². The summed E-state index contributed by atoms with van der Waals surface area (Å²) < 4.78 is 46.2. The quantitative estimate of drug-likeness (QED) is 0.182. The number of thioether (sulfide) groups is 1. The number of ether oxygens (including phenoxy) is 1. The first-order valence-corrected chi connectivity index (χ1v) is 13.0. The summed E-state index contributed by atoms with van der Waals surface area (Å²) in [5, 5.41) is 0.718. The van der Waals surface area contributed by atoms with Crippen molar-refractivity contribution in [3.8, 4) is 0 Å². The summed E-state index contributed by atoms with van der Waals surface area (Å²) in [6.07, 6.45) is -4.38. The maximum Gasteiger partial charge on any atom is 0.416 e. The van der Waals surface area contributed by atoms with E-state index < -0.39 is 17.7 Å². The Bertz CT molecular complexity index is 1390. The van der Waals surface area contributed by atoms with Gasteiger partial charge < -0.3 is 9.30 Å². The highest BCUT2D eigenvalue weighted by Gasteiger charge is 2.30. The molecule has 0 fully saturated rings. The fourth-order valence-electron chi connectivity index (χ4n) is 3.94. The second-order valence-corrected chi connectivity index (χ2v) is 10.8. The van der Waals surface area contributed by atoms with E-state index in [2.05, 4.69) is 45.0 Å². The van der Waals surface area contributed by atoms with Crippen molar-refractivity contribution in [1.82, 2.24) is 9.55 Å². The summed E-state index contributed by atoms with van der Waals surface area (Å²) in [5.74, 6) is 0.251. The van der Waals surface area contributed by atoms with Crippen LogP contribution in [0.1, 0.15) is 60.3 Å². The molecule has 1 aromatic heterocycles. The minimum atomic E-state index is -4.38. The molecule has 8 heteroatoms. The first-order chi connectivity index (χ1) is 17.5. The molecule has 0 saturated heterocycles. The molecule has 0 saturated carbocycles. The Kier molecular flexibility index (Phi) is 7.69. The number of hydrogen-bond donors (Lipinski definition) is 0. The van der Waals surface area contributed by atoms with Gasteiger partial charge in [-0.3, -0.25) is 0 Å². The lowest BCUT2D eigenvalue weighted by atomic mass is 9.87. The van der Waals surface area contributed by atoms with Crippen molar-refractivity contribution in [3.05, 3.63) is 94.5 Å². The fourth-order valence-corrected chi connectivity index (χ4v) is 4.91. The normalized spacial score (nSPS) is 12.2. The van der Waals surface area contributed by atoms with E-state index in [0.29, 0.717) is 23.4 Å². The number of carbonyl (C=O) groups excluding carboxylic acids is 1. The molecule has 0 aliphatic heterocycles. The highest BCUT2D eigenvalue weighted by Crippen LogP contribution is 2.32. The lowest BCUT2D eigenvalue weighted by Crippen LogP contribution is -2.10. The van der Waals surface area contributed by atoms with Crippen LogP contribution < -0.4 is 0 Å². The van der Waals surface area contributed by atoms with Gasteiger partial charge in [0.25, 0.3) is 0 Å². The molecule has 4 nitrogen and oxygen atoms in total. The highest BCUT2D eigenvalue weighted by molar-refractivity contribution is 7.98. The Morgan fingerprint density at radius 2 is 1.54 bits per heavy atom. The number of rotatable bonds is 7. The molecule has 0 unspecified atom stereocenters. The number of benzene rings is 3. The zero-order valence-corrected chi connectivity index (χ0v) is 22.0. The van der Waals surface area contributed by atoms with Crippen LogP contribution in [-0.2, 0) is 28.6 Å². The first-order valence-electron chi connectivity index (χ1n) is 12.0. The summed E-state index contributed by atoms with van der Waals surface area (Å²) in [6, 6.07) is 18.8. The van der Waals surface area contributed by atoms with Crippen LogP contribution in [0.15, 0.2) is 71.9 Å². The molecule has 194 valence electrons. The molecule has 4 rings (SSSR count). The van der Waals surface area contributed by atoms with E-state index in [-0.39, 0.29) is 12.0 Å². The molecular weight excluding hydrogens is 497 g/mol. The molecule has 0 bridgehead atoms. The average Bonchev–Trinajstić information content (AvgIpc) is 3.19. The number of fused-ring (bicyclic) bond motifs is 1. The molecule has 0 spiro atoms. The summed E-state index contributed by atoms with van der Waals surface area (Å²) in [4.78, 5) is 17.0. The van der Waals surface area contributed by atoms with E-state index in [1.807, 2.05) is 4.57 Å². The van der Waals surface area contributed by atoms with Gasteiger partial charge >= 0.3 is 12.1 Å². The van der Waals surface area contributed by atoms with Crippen molar-refractivity contribution in [1.29, 1.82) is 0 Å².